The number of aliphatic hydroxyl groups is 1. The average Bonchev–Trinajstić information content (AvgIpc) is 2.49. The number of halogens is 1. The van der Waals surface area contributed by atoms with Crippen molar-refractivity contribution >= 4 is 36.1 Å². The SMILES string of the molecule is CC(O)c1cc(N(S)C(=O)NC2CCCCC2)cc(Cl)c1O. The van der Waals surface area contributed by atoms with E-state index in [0.717, 1.165) is 30.0 Å². The molecule has 2 rings (SSSR count). The molecule has 1 aromatic rings. The highest BCUT2D eigenvalue weighted by Crippen LogP contribution is 2.36. The summed E-state index contributed by atoms with van der Waals surface area (Å²) in [5.74, 6) is -0.185. The molecule has 1 aromatic carbocycles. The number of phenolic OH excluding ortho intramolecular Hbond substituents is 1. The van der Waals surface area contributed by atoms with Crippen LogP contribution in [0.15, 0.2) is 12.1 Å². The van der Waals surface area contributed by atoms with Gasteiger partial charge in [-0.15, -0.1) is 0 Å². The fourth-order valence-electron chi connectivity index (χ4n) is 2.65. The summed E-state index contributed by atoms with van der Waals surface area (Å²) in [4.78, 5) is 12.3. The van der Waals surface area contributed by atoms with E-state index in [1.54, 1.807) is 0 Å². The van der Waals surface area contributed by atoms with Crippen LogP contribution in [0.3, 0.4) is 0 Å². The second kappa shape index (κ2) is 7.44. The van der Waals surface area contributed by atoms with E-state index in [1.165, 1.54) is 25.5 Å². The highest BCUT2D eigenvalue weighted by atomic mass is 35.5. The van der Waals surface area contributed by atoms with Crippen molar-refractivity contribution in [3.63, 3.8) is 0 Å². The number of thiol groups is 1. The second-order valence-corrected chi connectivity index (χ2v) is 6.44. The maximum atomic E-state index is 12.3. The van der Waals surface area contributed by atoms with E-state index in [4.69, 9.17) is 11.6 Å². The van der Waals surface area contributed by atoms with Crippen LogP contribution in [0.1, 0.15) is 50.7 Å². The lowest BCUT2D eigenvalue weighted by atomic mass is 9.96. The summed E-state index contributed by atoms with van der Waals surface area (Å²) in [6.07, 6.45) is 4.50. The number of phenols is 1. The maximum Gasteiger partial charge on any atom is 0.332 e. The molecule has 0 aliphatic heterocycles. The highest BCUT2D eigenvalue weighted by molar-refractivity contribution is 7.82. The Labute approximate surface area is 140 Å². The number of aliphatic hydroxyl groups excluding tert-OH is 1. The van der Waals surface area contributed by atoms with Crippen LogP contribution >= 0.6 is 24.4 Å². The molecule has 0 spiro atoms. The first kappa shape index (κ1) is 17.2. The van der Waals surface area contributed by atoms with E-state index in [0.29, 0.717) is 5.69 Å². The van der Waals surface area contributed by atoms with E-state index in [9.17, 15) is 15.0 Å². The lowest BCUT2D eigenvalue weighted by Gasteiger charge is -2.26. The van der Waals surface area contributed by atoms with Gasteiger partial charge in [0, 0.05) is 11.6 Å². The van der Waals surface area contributed by atoms with Gasteiger partial charge in [-0.3, -0.25) is 0 Å². The van der Waals surface area contributed by atoms with Crippen LogP contribution in [-0.4, -0.2) is 22.3 Å². The van der Waals surface area contributed by atoms with Gasteiger partial charge in [0.05, 0.1) is 16.8 Å². The van der Waals surface area contributed by atoms with Crippen molar-refractivity contribution in [3.05, 3.63) is 22.7 Å². The van der Waals surface area contributed by atoms with Gasteiger partial charge in [0.25, 0.3) is 0 Å². The summed E-state index contributed by atoms with van der Waals surface area (Å²) in [6.45, 7) is 1.51. The zero-order chi connectivity index (χ0) is 16.3. The van der Waals surface area contributed by atoms with Gasteiger partial charge in [0.15, 0.2) is 0 Å². The Morgan fingerprint density at radius 3 is 2.64 bits per heavy atom. The molecule has 1 aliphatic rings. The molecule has 0 aromatic heterocycles. The standard InChI is InChI=1S/C15H21ClN2O3S/c1-9(19)12-7-11(8-13(16)14(12)20)18(22)15(21)17-10-5-3-2-4-6-10/h7-10,19-20,22H,2-6H2,1H3,(H,17,21). The molecular formula is C15H21ClN2O3S. The van der Waals surface area contributed by atoms with Gasteiger partial charge >= 0.3 is 6.03 Å². The number of aromatic hydroxyl groups is 1. The summed E-state index contributed by atoms with van der Waals surface area (Å²) < 4.78 is 1.14. The summed E-state index contributed by atoms with van der Waals surface area (Å²) in [7, 11) is 0. The first-order valence-corrected chi connectivity index (χ1v) is 8.18. The van der Waals surface area contributed by atoms with Crippen LogP contribution in [0.4, 0.5) is 10.5 Å². The van der Waals surface area contributed by atoms with E-state index in [2.05, 4.69) is 18.1 Å². The molecule has 1 aliphatic carbocycles. The first-order valence-electron chi connectivity index (χ1n) is 7.40. The molecule has 3 N–H and O–H groups in total. The molecule has 0 bridgehead atoms. The molecule has 1 unspecified atom stereocenters. The maximum absolute atomic E-state index is 12.3. The predicted molar refractivity (Wildman–Crippen MR) is 90.6 cm³/mol. The number of hydrogen-bond acceptors (Lipinski definition) is 4. The molecule has 0 saturated heterocycles. The molecule has 22 heavy (non-hydrogen) atoms. The van der Waals surface area contributed by atoms with Crippen molar-refractivity contribution in [2.24, 2.45) is 0 Å². The van der Waals surface area contributed by atoms with Crippen LogP contribution in [0, 0.1) is 0 Å². The number of nitrogens with zero attached hydrogens (tertiary/aromatic N) is 1. The molecule has 1 saturated carbocycles. The number of hydrogen-bond donors (Lipinski definition) is 4. The zero-order valence-electron chi connectivity index (χ0n) is 12.4. The third kappa shape index (κ3) is 4.00. The van der Waals surface area contributed by atoms with Crippen molar-refractivity contribution in [1.82, 2.24) is 5.32 Å². The van der Waals surface area contributed by atoms with E-state index in [-0.39, 0.29) is 28.4 Å². The van der Waals surface area contributed by atoms with Gasteiger partial charge in [-0.1, -0.05) is 43.7 Å². The molecule has 1 atom stereocenters. The van der Waals surface area contributed by atoms with Crippen molar-refractivity contribution in [2.75, 3.05) is 4.31 Å². The fraction of sp³-hybridized carbons (Fsp3) is 0.533. The van der Waals surface area contributed by atoms with Crippen LogP contribution in [0.2, 0.25) is 5.02 Å². The van der Waals surface area contributed by atoms with E-state index < -0.39 is 6.10 Å². The minimum Gasteiger partial charge on any atom is -0.506 e. The third-order valence-corrected chi connectivity index (χ3v) is 4.60. The van der Waals surface area contributed by atoms with Crippen LogP contribution in [0.5, 0.6) is 5.75 Å². The quantitative estimate of drug-likeness (QED) is 0.630. The number of carbonyl (C=O) groups excluding carboxylic acids is 1. The molecule has 1 fully saturated rings. The van der Waals surface area contributed by atoms with Crippen LogP contribution < -0.4 is 9.62 Å². The average molecular weight is 345 g/mol. The number of nitrogens with one attached hydrogen (secondary N) is 1. The Balaban J connectivity index is 2.14. The fourth-order valence-corrected chi connectivity index (χ4v) is 3.04. The molecule has 5 nitrogen and oxygen atoms in total. The number of urea groups is 1. The first-order chi connectivity index (χ1) is 10.4. The molecule has 2 amide bonds. The number of rotatable bonds is 3. The second-order valence-electron chi connectivity index (χ2n) is 5.64. The summed E-state index contributed by atoms with van der Waals surface area (Å²) in [6, 6.07) is 2.77. The molecular weight excluding hydrogens is 324 g/mol. The van der Waals surface area contributed by atoms with Gasteiger partial charge < -0.3 is 15.5 Å². The molecule has 7 heteroatoms. The van der Waals surface area contributed by atoms with Gasteiger partial charge in [-0.25, -0.2) is 9.10 Å². The minimum atomic E-state index is -0.902. The molecule has 0 radical (unpaired) electrons. The molecule has 0 heterocycles. The predicted octanol–water partition coefficient (Wildman–Crippen LogP) is 3.79. The highest BCUT2D eigenvalue weighted by Gasteiger charge is 2.21. The number of amides is 2. The van der Waals surface area contributed by atoms with Gasteiger partial charge in [-0.05, 0) is 31.9 Å². The van der Waals surface area contributed by atoms with Crippen LogP contribution in [0.25, 0.3) is 0 Å². The molecule has 122 valence electrons. The smallest absolute Gasteiger partial charge is 0.332 e. The summed E-state index contributed by atoms with van der Waals surface area (Å²) in [5.41, 5.74) is 0.655. The lowest BCUT2D eigenvalue weighted by Crippen LogP contribution is -2.42. The van der Waals surface area contributed by atoms with Crippen molar-refractivity contribution in [1.29, 1.82) is 0 Å². The van der Waals surface area contributed by atoms with Gasteiger partial charge in [0.2, 0.25) is 0 Å². The Hall–Kier alpha value is -1.11. The van der Waals surface area contributed by atoms with Gasteiger partial charge in [-0.2, -0.15) is 0 Å². The largest absolute Gasteiger partial charge is 0.506 e. The van der Waals surface area contributed by atoms with Crippen molar-refractivity contribution in [3.8, 4) is 5.75 Å². The summed E-state index contributed by atoms with van der Waals surface area (Å²) in [5, 5.41) is 22.5. The van der Waals surface area contributed by atoms with Crippen molar-refractivity contribution < 1.29 is 15.0 Å². The van der Waals surface area contributed by atoms with Crippen LogP contribution in [-0.2, 0) is 0 Å². The number of anilines is 1. The third-order valence-electron chi connectivity index (χ3n) is 3.90. The minimum absolute atomic E-state index is 0.0675. The Morgan fingerprint density at radius 1 is 1.41 bits per heavy atom. The Bertz CT molecular complexity index is 548. The topological polar surface area (TPSA) is 72.8 Å². The number of benzene rings is 1. The van der Waals surface area contributed by atoms with E-state index in [1.807, 2.05) is 0 Å². The number of carbonyl (C=O) groups is 1. The zero-order valence-corrected chi connectivity index (χ0v) is 14.1. The Morgan fingerprint density at radius 2 is 2.05 bits per heavy atom. The lowest BCUT2D eigenvalue weighted by molar-refractivity contribution is 0.195. The monoisotopic (exact) mass is 344 g/mol. The van der Waals surface area contributed by atoms with E-state index >= 15 is 0 Å². The van der Waals surface area contributed by atoms with Gasteiger partial charge in [0.1, 0.15) is 5.75 Å². The summed E-state index contributed by atoms with van der Waals surface area (Å²) >= 11 is 10.2. The Kier molecular flexibility index (Phi) is 5.83. The normalized spacial score (nSPS) is 17.1. The van der Waals surface area contributed by atoms with Crippen molar-refractivity contribution in [2.45, 2.75) is 51.2 Å².